The molecule has 6 heteroatoms. The summed E-state index contributed by atoms with van der Waals surface area (Å²) < 4.78 is 10.6. The van der Waals surface area contributed by atoms with Crippen LogP contribution in [0, 0.1) is 11.3 Å². The molecule has 2 aromatic rings. The SMILES string of the molecule is COc1cc(C#N)cc(Oc2ncc(CBr)cn2)c1. The Morgan fingerprint density at radius 1 is 1.21 bits per heavy atom. The summed E-state index contributed by atoms with van der Waals surface area (Å²) >= 11 is 3.31. The normalized spacial score (nSPS) is 9.74. The molecule has 1 heterocycles. The predicted octanol–water partition coefficient (Wildman–Crippen LogP) is 3.04. The van der Waals surface area contributed by atoms with Crippen LogP contribution < -0.4 is 9.47 Å². The van der Waals surface area contributed by atoms with Gasteiger partial charge in [-0.3, -0.25) is 0 Å². The first-order valence-corrected chi connectivity index (χ1v) is 6.51. The molecule has 0 amide bonds. The van der Waals surface area contributed by atoms with Crippen molar-refractivity contribution < 1.29 is 9.47 Å². The second-order valence-electron chi connectivity index (χ2n) is 3.62. The van der Waals surface area contributed by atoms with Crippen LogP contribution in [0.15, 0.2) is 30.6 Å². The zero-order valence-electron chi connectivity index (χ0n) is 10.1. The van der Waals surface area contributed by atoms with E-state index in [1.807, 2.05) is 6.07 Å². The zero-order chi connectivity index (χ0) is 13.7. The Bertz CT molecular complexity index is 608. The van der Waals surface area contributed by atoms with E-state index in [9.17, 15) is 0 Å². The van der Waals surface area contributed by atoms with Crippen LogP contribution in [-0.2, 0) is 5.33 Å². The van der Waals surface area contributed by atoms with Crippen LogP contribution in [0.2, 0.25) is 0 Å². The van der Waals surface area contributed by atoms with Gasteiger partial charge in [0.05, 0.1) is 18.7 Å². The molecule has 2 rings (SSSR count). The van der Waals surface area contributed by atoms with E-state index in [1.54, 1.807) is 30.6 Å². The molecule has 1 aromatic heterocycles. The fourth-order valence-electron chi connectivity index (χ4n) is 1.38. The van der Waals surface area contributed by atoms with Crippen molar-refractivity contribution >= 4 is 15.9 Å². The van der Waals surface area contributed by atoms with Gasteiger partial charge in [-0.05, 0) is 17.7 Å². The Morgan fingerprint density at radius 2 is 1.89 bits per heavy atom. The van der Waals surface area contributed by atoms with E-state index in [-0.39, 0.29) is 6.01 Å². The first-order valence-electron chi connectivity index (χ1n) is 5.39. The largest absolute Gasteiger partial charge is 0.497 e. The highest BCUT2D eigenvalue weighted by Crippen LogP contribution is 2.25. The fraction of sp³-hybridized carbons (Fsp3) is 0.154. The van der Waals surface area contributed by atoms with Crippen LogP contribution in [0.1, 0.15) is 11.1 Å². The van der Waals surface area contributed by atoms with Gasteiger partial charge in [-0.2, -0.15) is 5.26 Å². The molecule has 0 aliphatic carbocycles. The number of halogens is 1. The molecule has 0 unspecified atom stereocenters. The number of nitriles is 1. The lowest BCUT2D eigenvalue weighted by atomic mass is 10.2. The maximum Gasteiger partial charge on any atom is 0.321 e. The van der Waals surface area contributed by atoms with E-state index in [0.717, 1.165) is 5.56 Å². The number of hydrogen-bond donors (Lipinski definition) is 0. The molecular weight excluding hydrogens is 310 g/mol. The van der Waals surface area contributed by atoms with Crippen LogP contribution in [0.3, 0.4) is 0 Å². The van der Waals surface area contributed by atoms with Crippen molar-refractivity contribution in [3.63, 3.8) is 0 Å². The molecule has 0 aliphatic rings. The van der Waals surface area contributed by atoms with Crippen molar-refractivity contribution in [1.82, 2.24) is 9.97 Å². The summed E-state index contributed by atoms with van der Waals surface area (Å²) in [5.74, 6) is 1.01. The molecule has 19 heavy (non-hydrogen) atoms. The zero-order valence-corrected chi connectivity index (χ0v) is 11.7. The lowest BCUT2D eigenvalue weighted by Gasteiger charge is -2.06. The van der Waals surface area contributed by atoms with Crippen molar-refractivity contribution in [1.29, 1.82) is 5.26 Å². The highest BCUT2D eigenvalue weighted by atomic mass is 79.9. The third kappa shape index (κ3) is 3.42. The van der Waals surface area contributed by atoms with Gasteiger partial charge in [-0.25, -0.2) is 9.97 Å². The standard InChI is InChI=1S/C13H10BrN3O2/c1-18-11-2-9(6-15)3-12(4-11)19-13-16-7-10(5-14)8-17-13/h2-4,7-8H,5H2,1H3. The minimum absolute atomic E-state index is 0.224. The topological polar surface area (TPSA) is 68.0 Å². The van der Waals surface area contributed by atoms with Gasteiger partial charge in [0.25, 0.3) is 0 Å². The van der Waals surface area contributed by atoms with Gasteiger partial charge in [-0.1, -0.05) is 15.9 Å². The van der Waals surface area contributed by atoms with Crippen LogP contribution in [0.25, 0.3) is 0 Å². The Labute approximate surface area is 119 Å². The van der Waals surface area contributed by atoms with E-state index in [2.05, 4.69) is 25.9 Å². The van der Waals surface area contributed by atoms with Crippen molar-refractivity contribution in [2.24, 2.45) is 0 Å². The smallest absolute Gasteiger partial charge is 0.321 e. The third-order valence-electron chi connectivity index (χ3n) is 2.29. The number of rotatable bonds is 4. The van der Waals surface area contributed by atoms with Crippen LogP contribution in [-0.4, -0.2) is 17.1 Å². The fourth-order valence-corrected chi connectivity index (χ4v) is 1.67. The van der Waals surface area contributed by atoms with Crippen LogP contribution in [0.5, 0.6) is 17.5 Å². The van der Waals surface area contributed by atoms with Gasteiger partial charge < -0.3 is 9.47 Å². The van der Waals surface area contributed by atoms with E-state index >= 15 is 0 Å². The molecule has 0 spiro atoms. The molecule has 0 saturated carbocycles. The first-order chi connectivity index (χ1) is 9.25. The third-order valence-corrected chi connectivity index (χ3v) is 2.94. The van der Waals surface area contributed by atoms with Gasteiger partial charge in [0, 0.05) is 23.8 Å². The average Bonchev–Trinajstić information content (AvgIpc) is 2.47. The summed E-state index contributed by atoms with van der Waals surface area (Å²) in [5, 5.41) is 9.60. The maximum atomic E-state index is 8.92. The number of methoxy groups -OCH3 is 1. The Kier molecular flexibility index (Phi) is 4.31. The summed E-state index contributed by atoms with van der Waals surface area (Å²) in [5.41, 5.74) is 1.40. The summed E-state index contributed by atoms with van der Waals surface area (Å²) in [6.07, 6.45) is 3.34. The van der Waals surface area contributed by atoms with Crippen LogP contribution in [0.4, 0.5) is 0 Å². The molecule has 96 valence electrons. The molecule has 0 saturated heterocycles. The van der Waals surface area contributed by atoms with E-state index in [0.29, 0.717) is 22.4 Å². The van der Waals surface area contributed by atoms with Gasteiger partial charge in [0.15, 0.2) is 0 Å². The molecular formula is C13H10BrN3O2. The maximum absolute atomic E-state index is 8.92. The molecule has 1 aromatic carbocycles. The minimum atomic E-state index is 0.224. The minimum Gasteiger partial charge on any atom is -0.497 e. The van der Waals surface area contributed by atoms with Crippen molar-refractivity contribution in [3.8, 4) is 23.6 Å². The Hall–Kier alpha value is -2.13. The number of alkyl halides is 1. The number of ether oxygens (including phenoxy) is 2. The number of aromatic nitrogens is 2. The Balaban J connectivity index is 2.24. The van der Waals surface area contributed by atoms with Gasteiger partial charge in [0.1, 0.15) is 11.5 Å². The van der Waals surface area contributed by atoms with Crippen molar-refractivity contribution in [3.05, 3.63) is 41.7 Å². The molecule has 0 aliphatic heterocycles. The molecule has 5 nitrogen and oxygen atoms in total. The summed E-state index contributed by atoms with van der Waals surface area (Å²) in [7, 11) is 1.53. The second-order valence-corrected chi connectivity index (χ2v) is 4.18. The molecule has 0 N–H and O–H groups in total. The van der Waals surface area contributed by atoms with Gasteiger partial charge >= 0.3 is 6.01 Å². The van der Waals surface area contributed by atoms with Crippen molar-refractivity contribution in [2.45, 2.75) is 5.33 Å². The number of benzene rings is 1. The Morgan fingerprint density at radius 3 is 2.47 bits per heavy atom. The van der Waals surface area contributed by atoms with Gasteiger partial charge in [0.2, 0.25) is 0 Å². The summed E-state index contributed by atoms with van der Waals surface area (Å²) in [6.45, 7) is 0. The summed E-state index contributed by atoms with van der Waals surface area (Å²) in [4.78, 5) is 8.14. The molecule has 0 atom stereocenters. The highest BCUT2D eigenvalue weighted by molar-refractivity contribution is 9.08. The van der Waals surface area contributed by atoms with E-state index in [4.69, 9.17) is 14.7 Å². The number of nitrogens with zero attached hydrogens (tertiary/aromatic N) is 3. The molecule has 0 bridgehead atoms. The quantitative estimate of drug-likeness (QED) is 0.810. The predicted molar refractivity (Wildman–Crippen MR) is 72.4 cm³/mol. The van der Waals surface area contributed by atoms with E-state index < -0.39 is 0 Å². The molecule has 0 fully saturated rings. The van der Waals surface area contributed by atoms with Gasteiger partial charge in [-0.15, -0.1) is 0 Å². The number of hydrogen-bond acceptors (Lipinski definition) is 5. The lowest BCUT2D eigenvalue weighted by molar-refractivity contribution is 0.404. The van der Waals surface area contributed by atoms with E-state index in [1.165, 1.54) is 7.11 Å². The van der Waals surface area contributed by atoms with Crippen molar-refractivity contribution in [2.75, 3.05) is 7.11 Å². The monoisotopic (exact) mass is 319 g/mol. The highest BCUT2D eigenvalue weighted by Gasteiger charge is 2.05. The average molecular weight is 320 g/mol. The first kappa shape index (κ1) is 13.3. The second kappa shape index (κ2) is 6.16. The lowest BCUT2D eigenvalue weighted by Crippen LogP contribution is -1.94. The molecule has 0 radical (unpaired) electrons. The van der Waals surface area contributed by atoms with Crippen LogP contribution >= 0.6 is 15.9 Å². The summed E-state index contributed by atoms with van der Waals surface area (Å²) in [6, 6.07) is 7.16.